The zero-order valence-corrected chi connectivity index (χ0v) is 20.9. The molecule has 0 aromatic carbocycles. The summed E-state index contributed by atoms with van der Waals surface area (Å²) in [6, 6.07) is 5.49. The van der Waals surface area contributed by atoms with Crippen molar-refractivity contribution in [3.63, 3.8) is 0 Å². The lowest BCUT2D eigenvalue weighted by Crippen LogP contribution is -2.54. The number of anilines is 1. The maximum absolute atomic E-state index is 14.1. The Bertz CT molecular complexity index is 1510. The lowest BCUT2D eigenvalue weighted by atomic mass is 9.57. The van der Waals surface area contributed by atoms with Gasteiger partial charge in [0.15, 0.2) is 11.5 Å². The standard InChI is InChI=1S/C27H30FN7O2/c1-3-37-27(36)21-15-6-7-17(13(2)10-15)22(21)30-25-20-9-8-19(14-4-5-14)35(20)34-26(31-25)23-18-11-16(28)12-29-24(18)33-32-23/h8-9,11-15,17,21-22H,3-7,10H2,1-2H3,(H,29,32,33)(H,30,31,34)/t13?,15-,17+,21-,22-/m0/s1. The van der Waals surface area contributed by atoms with Gasteiger partial charge in [0.05, 0.1) is 24.1 Å². The van der Waals surface area contributed by atoms with Gasteiger partial charge in [-0.25, -0.2) is 18.9 Å². The summed E-state index contributed by atoms with van der Waals surface area (Å²) in [5, 5.41) is 16.3. The second-order valence-corrected chi connectivity index (χ2v) is 10.9. The Hall–Kier alpha value is -3.56. The molecule has 4 aliphatic rings. The number of aromatic amines is 1. The highest BCUT2D eigenvalue weighted by Gasteiger charge is 2.51. The number of ether oxygens (including phenoxy) is 1. The Labute approximate surface area is 213 Å². The van der Waals surface area contributed by atoms with Gasteiger partial charge >= 0.3 is 5.97 Å². The molecule has 0 aliphatic heterocycles. The predicted octanol–water partition coefficient (Wildman–Crippen LogP) is 4.71. The number of nitrogens with zero attached hydrogens (tertiary/aromatic N) is 5. The SMILES string of the molecule is CCOC(=O)[C@H]1[C@H]2CC[C@H](C(C)C2)[C@@H]1Nc1nc(-c2[nH]nc3ncc(F)cc23)nn2c(C3CC3)ccc12. The van der Waals surface area contributed by atoms with Gasteiger partial charge < -0.3 is 10.1 Å². The molecular weight excluding hydrogens is 473 g/mol. The summed E-state index contributed by atoms with van der Waals surface area (Å²) in [6.07, 6.45) is 6.59. The average molecular weight is 504 g/mol. The van der Waals surface area contributed by atoms with E-state index in [4.69, 9.17) is 14.8 Å². The largest absolute Gasteiger partial charge is 0.466 e. The molecule has 10 heteroatoms. The van der Waals surface area contributed by atoms with E-state index in [0.717, 1.165) is 49.5 Å². The van der Waals surface area contributed by atoms with E-state index in [9.17, 15) is 9.18 Å². The fourth-order valence-electron chi connectivity index (χ4n) is 6.77. The van der Waals surface area contributed by atoms with Crippen LogP contribution in [0.1, 0.15) is 57.6 Å². The van der Waals surface area contributed by atoms with Crippen molar-refractivity contribution in [1.82, 2.24) is 29.8 Å². The van der Waals surface area contributed by atoms with E-state index in [2.05, 4.69) is 39.6 Å². The number of hydrogen-bond acceptors (Lipinski definition) is 7. The molecule has 4 aromatic rings. The fraction of sp³-hybridized carbons (Fsp3) is 0.519. The zero-order chi connectivity index (χ0) is 25.3. The minimum absolute atomic E-state index is 0.0787. The lowest BCUT2D eigenvalue weighted by molar-refractivity contribution is -0.156. The molecule has 2 N–H and O–H groups in total. The van der Waals surface area contributed by atoms with Gasteiger partial charge in [-0.05, 0) is 75.0 Å². The number of H-pyrrole nitrogens is 1. The van der Waals surface area contributed by atoms with Crippen LogP contribution in [0.5, 0.6) is 0 Å². The first-order valence-corrected chi connectivity index (χ1v) is 13.3. The summed E-state index contributed by atoms with van der Waals surface area (Å²) < 4.78 is 21.6. The highest BCUT2D eigenvalue weighted by atomic mass is 19.1. The molecule has 4 heterocycles. The summed E-state index contributed by atoms with van der Waals surface area (Å²) >= 11 is 0. The predicted molar refractivity (Wildman–Crippen MR) is 135 cm³/mol. The van der Waals surface area contributed by atoms with Crippen LogP contribution in [0.15, 0.2) is 24.4 Å². The maximum Gasteiger partial charge on any atom is 0.311 e. The molecule has 4 saturated carbocycles. The zero-order valence-electron chi connectivity index (χ0n) is 20.9. The Morgan fingerprint density at radius 1 is 1.27 bits per heavy atom. The summed E-state index contributed by atoms with van der Waals surface area (Å²) in [4.78, 5) is 22.2. The molecule has 9 nitrogen and oxygen atoms in total. The average Bonchev–Trinajstić information content (AvgIpc) is 3.50. The first-order chi connectivity index (χ1) is 18.0. The molecular formula is C27H30FN7O2. The minimum Gasteiger partial charge on any atom is -0.466 e. The second kappa shape index (κ2) is 8.49. The van der Waals surface area contributed by atoms with Crippen molar-refractivity contribution in [3.8, 4) is 11.5 Å². The van der Waals surface area contributed by atoms with Crippen molar-refractivity contribution in [2.24, 2.45) is 23.7 Å². The molecule has 8 rings (SSSR count). The van der Waals surface area contributed by atoms with Gasteiger partial charge in [0.2, 0.25) is 5.82 Å². The van der Waals surface area contributed by atoms with Crippen LogP contribution in [0.2, 0.25) is 0 Å². The third-order valence-electron chi connectivity index (χ3n) is 8.63. The number of rotatable bonds is 6. The first-order valence-electron chi connectivity index (χ1n) is 13.3. The fourth-order valence-corrected chi connectivity index (χ4v) is 6.77. The van der Waals surface area contributed by atoms with Crippen LogP contribution in [-0.4, -0.2) is 48.4 Å². The monoisotopic (exact) mass is 503 g/mol. The van der Waals surface area contributed by atoms with Gasteiger partial charge in [-0.15, -0.1) is 5.10 Å². The van der Waals surface area contributed by atoms with E-state index in [0.29, 0.717) is 58.6 Å². The summed E-state index contributed by atoms with van der Waals surface area (Å²) in [5.74, 6) is 1.92. The van der Waals surface area contributed by atoms with Crippen molar-refractivity contribution < 1.29 is 13.9 Å². The van der Waals surface area contributed by atoms with Crippen LogP contribution >= 0.6 is 0 Å². The molecule has 1 unspecified atom stereocenters. The van der Waals surface area contributed by atoms with Crippen molar-refractivity contribution >= 4 is 28.3 Å². The molecule has 4 aliphatic carbocycles. The van der Waals surface area contributed by atoms with Gasteiger partial charge in [-0.3, -0.25) is 9.89 Å². The number of carbonyl (C=O) groups excluding carboxylic acids is 1. The van der Waals surface area contributed by atoms with Gasteiger partial charge in [-0.2, -0.15) is 5.10 Å². The highest BCUT2D eigenvalue weighted by Crippen LogP contribution is 2.50. The smallest absolute Gasteiger partial charge is 0.311 e. The highest BCUT2D eigenvalue weighted by molar-refractivity contribution is 5.89. The van der Waals surface area contributed by atoms with Crippen molar-refractivity contribution in [2.45, 2.75) is 57.9 Å². The summed E-state index contributed by atoms with van der Waals surface area (Å²) in [6.45, 7) is 4.52. The van der Waals surface area contributed by atoms with Crippen molar-refractivity contribution in [3.05, 3.63) is 35.9 Å². The number of fused-ring (bicyclic) bond motifs is 5. The topological polar surface area (TPSA) is 110 Å². The number of aromatic nitrogens is 6. The number of carbonyl (C=O) groups is 1. The van der Waals surface area contributed by atoms with E-state index in [1.54, 1.807) is 0 Å². The Morgan fingerprint density at radius 2 is 2.14 bits per heavy atom. The Kier molecular flexibility index (Phi) is 5.19. The molecule has 5 atom stereocenters. The second-order valence-electron chi connectivity index (χ2n) is 10.9. The quantitative estimate of drug-likeness (QED) is 0.367. The molecule has 192 valence electrons. The van der Waals surface area contributed by atoms with E-state index in [-0.39, 0.29) is 17.9 Å². The lowest BCUT2D eigenvalue weighted by Gasteiger charge is -2.51. The molecule has 0 radical (unpaired) electrons. The summed E-state index contributed by atoms with van der Waals surface area (Å²) in [7, 11) is 0. The molecule has 0 amide bonds. The van der Waals surface area contributed by atoms with Gasteiger partial charge in [0.25, 0.3) is 0 Å². The molecule has 2 bridgehead atoms. The normalized spacial score (nSPS) is 27.2. The molecule has 37 heavy (non-hydrogen) atoms. The van der Waals surface area contributed by atoms with E-state index < -0.39 is 5.82 Å². The van der Waals surface area contributed by atoms with E-state index in [1.165, 1.54) is 6.07 Å². The molecule has 0 spiro atoms. The minimum atomic E-state index is -0.446. The Morgan fingerprint density at radius 3 is 2.92 bits per heavy atom. The van der Waals surface area contributed by atoms with Crippen LogP contribution in [-0.2, 0) is 9.53 Å². The number of nitrogens with one attached hydrogen (secondary N) is 2. The van der Waals surface area contributed by atoms with Crippen LogP contribution in [0, 0.1) is 29.5 Å². The van der Waals surface area contributed by atoms with Crippen LogP contribution in [0.4, 0.5) is 10.2 Å². The number of pyridine rings is 1. The van der Waals surface area contributed by atoms with Crippen LogP contribution in [0.3, 0.4) is 0 Å². The van der Waals surface area contributed by atoms with Crippen molar-refractivity contribution in [2.75, 3.05) is 11.9 Å². The molecule has 4 aromatic heterocycles. The van der Waals surface area contributed by atoms with E-state index >= 15 is 0 Å². The third kappa shape index (κ3) is 3.67. The maximum atomic E-state index is 14.1. The first kappa shape index (κ1) is 22.6. The number of hydrogen-bond donors (Lipinski definition) is 2. The van der Waals surface area contributed by atoms with Crippen LogP contribution < -0.4 is 5.32 Å². The van der Waals surface area contributed by atoms with Gasteiger partial charge in [-0.1, -0.05) is 6.92 Å². The molecule has 0 saturated heterocycles. The van der Waals surface area contributed by atoms with Gasteiger partial charge in [0.1, 0.15) is 17.0 Å². The van der Waals surface area contributed by atoms with Crippen molar-refractivity contribution in [1.29, 1.82) is 0 Å². The number of halogens is 1. The third-order valence-corrected chi connectivity index (χ3v) is 8.63. The summed E-state index contributed by atoms with van der Waals surface area (Å²) in [5.41, 5.74) is 2.93. The van der Waals surface area contributed by atoms with Gasteiger partial charge in [0, 0.05) is 17.7 Å². The Balaban J connectivity index is 1.36. The van der Waals surface area contributed by atoms with E-state index in [1.807, 2.05) is 11.4 Å². The molecule has 4 fully saturated rings. The number of esters is 1. The van der Waals surface area contributed by atoms with Crippen LogP contribution in [0.25, 0.3) is 28.1 Å².